The number of nitrogens with one attached hydrogen (secondary N) is 3. The van der Waals surface area contributed by atoms with Crippen molar-refractivity contribution in [3.63, 3.8) is 0 Å². The predicted octanol–water partition coefficient (Wildman–Crippen LogP) is 2.79. The molecular formula is C13H27N3S2. The fraction of sp³-hybridized carbons (Fsp3) is 0.538. The SMILES string of the molecule is C/C=C(/C)NC.C=CC(=S)NC.CCC(=S)NC. The van der Waals surface area contributed by atoms with E-state index in [0.29, 0.717) is 4.99 Å². The first-order chi connectivity index (χ1) is 8.42. The van der Waals surface area contributed by atoms with Crippen LogP contribution in [0, 0.1) is 0 Å². The summed E-state index contributed by atoms with van der Waals surface area (Å²) in [6, 6.07) is 0. The average molecular weight is 290 g/mol. The standard InChI is InChI=1S/C5H11N.C4H9NS.C4H7NS/c1-4-5(2)6-3;2*1-3-4(6)5-2/h4,6H,1-3H3;3H2,1-2H3,(H,5,6);3H,1H2,2H3,(H,5,6)/b5-4-;;. The van der Waals surface area contributed by atoms with Gasteiger partial charge in [0.2, 0.25) is 0 Å². The lowest BCUT2D eigenvalue weighted by molar-refractivity contribution is 0.985. The van der Waals surface area contributed by atoms with Crippen LogP contribution in [0.1, 0.15) is 27.2 Å². The van der Waals surface area contributed by atoms with E-state index in [-0.39, 0.29) is 0 Å². The first kappa shape index (κ1) is 22.3. The van der Waals surface area contributed by atoms with Crippen molar-refractivity contribution in [2.75, 3.05) is 21.1 Å². The molecule has 0 spiro atoms. The van der Waals surface area contributed by atoms with Gasteiger partial charge in [-0.2, -0.15) is 0 Å². The molecule has 5 heteroatoms. The van der Waals surface area contributed by atoms with E-state index in [1.807, 2.05) is 40.9 Å². The quantitative estimate of drug-likeness (QED) is 0.550. The van der Waals surface area contributed by atoms with Crippen molar-refractivity contribution in [2.45, 2.75) is 27.2 Å². The Bertz CT molecular complexity index is 253. The molecule has 0 aromatic heterocycles. The fourth-order valence-electron chi connectivity index (χ4n) is 0.423. The highest BCUT2D eigenvalue weighted by Gasteiger charge is 1.78. The van der Waals surface area contributed by atoms with E-state index in [4.69, 9.17) is 12.2 Å². The minimum absolute atomic E-state index is 0.690. The van der Waals surface area contributed by atoms with Gasteiger partial charge in [-0.25, -0.2) is 0 Å². The first-order valence-electron chi connectivity index (χ1n) is 5.78. The maximum Gasteiger partial charge on any atom is 0.0979 e. The molecule has 0 saturated carbocycles. The van der Waals surface area contributed by atoms with E-state index < -0.39 is 0 Å². The molecule has 0 fully saturated rings. The van der Waals surface area contributed by atoms with Crippen LogP contribution in [0.5, 0.6) is 0 Å². The monoisotopic (exact) mass is 289 g/mol. The zero-order valence-corrected chi connectivity index (χ0v) is 14.0. The molecule has 106 valence electrons. The largest absolute Gasteiger partial charge is 0.392 e. The van der Waals surface area contributed by atoms with Gasteiger partial charge in [-0.3, -0.25) is 0 Å². The first-order valence-corrected chi connectivity index (χ1v) is 6.60. The van der Waals surface area contributed by atoms with Gasteiger partial charge in [0, 0.05) is 26.8 Å². The van der Waals surface area contributed by atoms with Crippen molar-refractivity contribution in [1.29, 1.82) is 0 Å². The van der Waals surface area contributed by atoms with Crippen molar-refractivity contribution in [2.24, 2.45) is 0 Å². The fourth-order valence-corrected chi connectivity index (χ4v) is 0.423. The van der Waals surface area contributed by atoms with Crippen LogP contribution in [-0.2, 0) is 0 Å². The molecule has 0 bridgehead atoms. The summed E-state index contributed by atoms with van der Waals surface area (Å²) >= 11 is 9.37. The third-order valence-electron chi connectivity index (χ3n) is 1.86. The number of likely N-dealkylation sites (N-methyl/N-ethyl adjacent to an activating group) is 1. The molecule has 0 aliphatic rings. The van der Waals surface area contributed by atoms with Crippen LogP contribution in [0.3, 0.4) is 0 Å². The third-order valence-corrected chi connectivity index (χ3v) is 2.72. The van der Waals surface area contributed by atoms with E-state index in [0.717, 1.165) is 11.4 Å². The summed E-state index contributed by atoms with van der Waals surface area (Å²) in [4.78, 5) is 1.62. The molecule has 0 radical (unpaired) electrons. The number of hydrogen-bond acceptors (Lipinski definition) is 3. The number of rotatable bonds is 3. The molecule has 18 heavy (non-hydrogen) atoms. The summed E-state index contributed by atoms with van der Waals surface area (Å²) in [6.45, 7) is 9.49. The van der Waals surface area contributed by atoms with Gasteiger partial charge in [-0.15, -0.1) is 0 Å². The highest BCUT2D eigenvalue weighted by Crippen LogP contribution is 1.78. The maximum absolute atomic E-state index is 4.75. The summed E-state index contributed by atoms with van der Waals surface area (Å²) in [6.07, 6.45) is 4.57. The highest BCUT2D eigenvalue weighted by molar-refractivity contribution is 7.80. The molecule has 0 rings (SSSR count). The molecule has 3 nitrogen and oxygen atoms in total. The molecule has 0 amide bonds. The van der Waals surface area contributed by atoms with Crippen LogP contribution in [0.15, 0.2) is 24.4 Å². The molecule has 0 heterocycles. The lowest BCUT2D eigenvalue weighted by Gasteiger charge is -1.91. The zero-order chi connectivity index (χ0) is 15.0. The summed E-state index contributed by atoms with van der Waals surface area (Å²) in [5.74, 6) is 0. The van der Waals surface area contributed by atoms with Gasteiger partial charge < -0.3 is 16.0 Å². The van der Waals surface area contributed by atoms with Gasteiger partial charge in [-0.1, -0.05) is 44.0 Å². The van der Waals surface area contributed by atoms with Crippen molar-refractivity contribution in [3.05, 3.63) is 24.4 Å². The van der Waals surface area contributed by atoms with Crippen LogP contribution in [0.25, 0.3) is 0 Å². The number of thiocarbonyl (C=S) groups is 2. The van der Waals surface area contributed by atoms with E-state index in [1.165, 1.54) is 5.70 Å². The van der Waals surface area contributed by atoms with Gasteiger partial charge in [-0.05, 0) is 26.3 Å². The Kier molecular flexibility index (Phi) is 22.8. The predicted molar refractivity (Wildman–Crippen MR) is 92.3 cm³/mol. The number of allylic oxidation sites excluding steroid dienone is 2. The van der Waals surface area contributed by atoms with Gasteiger partial charge in [0.05, 0.1) is 9.98 Å². The van der Waals surface area contributed by atoms with E-state index in [1.54, 1.807) is 13.1 Å². The molecule has 0 aromatic carbocycles. The van der Waals surface area contributed by atoms with Crippen LogP contribution in [0.2, 0.25) is 0 Å². The Morgan fingerprint density at radius 3 is 1.61 bits per heavy atom. The van der Waals surface area contributed by atoms with E-state index in [2.05, 4.69) is 34.7 Å². The second-order valence-corrected chi connectivity index (χ2v) is 4.00. The van der Waals surface area contributed by atoms with E-state index >= 15 is 0 Å². The van der Waals surface area contributed by atoms with Crippen molar-refractivity contribution < 1.29 is 0 Å². The summed E-state index contributed by atoms with van der Waals surface area (Å²) in [5, 5.41) is 8.55. The van der Waals surface area contributed by atoms with Crippen LogP contribution < -0.4 is 16.0 Å². The molecule has 0 atom stereocenters. The van der Waals surface area contributed by atoms with Gasteiger partial charge in [0.15, 0.2) is 0 Å². The Labute approximate surface area is 123 Å². The van der Waals surface area contributed by atoms with Gasteiger partial charge >= 0.3 is 0 Å². The summed E-state index contributed by atoms with van der Waals surface area (Å²) in [5.41, 5.74) is 1.22. The van der Waals surface area contributed by atoms with Crippen molar-refractivity contribution in [3.8, 4) is 0 Å². The van der Waals surface area contributed by atoms with Crippen molar-refractivity contribution in [1.82, 2.24) is 16.0 Å². The zero-order valence-electron chi connectivity index (χ0n) is 12.4. The minimum atomic E-state index is 0.690. The lowest BCUT2D eigenvalue weighted by Crippen LogP contribution is -2.12. The second kappa shape index (κ2) is 18.4. The number of hydrogen-bond donors (Lipinski definition) is 3. The van der Waals surface area contributed by atoms with Crippen LogP contribution in [-0.4, -0.2) is 31.1 Å². The Morgan fingerprint density at radius 1 is 1.11 bits per heavy atom. The molecular weight excluding hydrogens is 262 g/mol. The molecule has 0 aliphatic carbocycles. The smallest absolute Gasteiger partial charge is 0.0979 e. The second-order valence-electron chi connectivity index (χ2n) is 3.07. The van der Waals surface area contributed by atoms with Gasteiger partial charge in [0.1, 0.15) is 0 Å². The topological polar surface area (TPSA) is 36.1 Å². The normalized spacial score (nSPS) is 8.67. The van der Waals surface area contributed by atoms with Crippen LogP contribution in [0.4, 0.5) is 0 Å². The molecule has 0 aromatic rings. The third kappa shape index (κ3) is 24.3. The Hall–Kier alpha value is -0.940. The van der Waals surface area contributed by atoms with Crippen molar-refractivity contribution >= 4 is 34.4 Å². The maximum atomic E-state index is 4.75. The van der Waals surface area contributed by atoms with Gasteiger partial charge in [0.25, 0.3) is 0 Å². The minimum Gasteiger partial charge on any atom is -0.392 e. The molecule has 3 N–H and O–H groups in total. The molecule has 0 unspecified atom stereocenters. The lowest BCUT2D eigenvalue weighted by atomic mass is 10.5. The van der Waals surface area contributed by atoms with Crippen LogP contribution >= 0.6 is 24.4 Å². The Morgan fingerprint density at radius 2 is 1.61 bits per heavy atom. The van der Waals surface area contributed by atoms with E-state index in [9.17, 15) is 0 Å². The average Bonchev–Trinajstić information content (AvgIpc) is 2.45. The molecule has 0 aliphatic heterocycles. The molecule has 0 saturated heterocycles. The summed E-state index contributed by atoms with van der Waals surface area (Å²) in [7, 11) is 5.52. The highest BCUT2D eigenvalue weighted by atomic mass is 32.1. The summed E-state index contributed by atoms with van der Waals surface area (Å²) < 4.78 is 0. The Balaban J connectivity index is -0.000000187.